The summed E-state index contributed by atoms with van der Waals surface area (Å²) in [6.07, 6.45) is 4.09. The molecule has 3 aliphatic heterocycles. The summed E-state index contributed by atoms with van der Waals surface area (Å²) in [6.45, 7) is 11.0. The average molecular weight is 812 g/mol. The molecule has 2 aromatic rings. The van der Waals surface area contributed by atoms with E-state index in [1.165, 1.54) is 4.90 Å². The van der Waals surface area contributed by atoms with Gasteiger partial charge in [0.05, 0.1) is 23.5 Å². The number of sulfonamides is 1. The van der Waals surface area contributed by atoms with Crippen LogP contribution in [0.5, 0.6) is 17.4 Å². The van der Waals surface area contributed by atoms with Crippen LogP contribution in [0, 0.1) is 5.92 Å². The first-order chi connectivity index (χ1) is 26.9. The van der Waals surface area contributed by atoms with E-state index in [4.69, 9.17) is 18.9 Å². The molecular weight excluding hydrogens is 759 g/mol. The molecule has 310 valence electrons. The summed E-state index contributed by atoms with van der Waals surface area (Å²) in [4.78, 5) is 63.7. The largest absolute Gasteiger partial charge is 0.486 e. The highest BCUT2D eigenvalue weighted by Crippen LogP contribution is 2.48. The second kappa shape index (κ2) is 14.9. The van der Waals surface area contributed by atoms with Crippen molar-refractivity contribution < 1.29 is 51.6 Å². The number of fused-ring (bicyclic) bond motifs is 5. The van der Waals surface area contributed by atoms with Crippen molar-refractivity contribution in [2.24, 2.45) is 5.92 Å². The van der Waals surface area contributed by atoms with Crippen molar-refractivity contribution in [3.8, 4) is 17.4 Å². The maximum atomic E-state index is 15.1. The highest BCUT2D eigenvalue weighted by molar-refractivity contribution is 7.91. The zero-order chi connectivity index (χ0) is 41.1. The van der Waals surface area contributed by atoms with Crippen LogP contribution in [0.4, 0.5) is 4.79 Å². The van der Waals surface area contributed by atoms with Gasteiger partial charge in [-0.05, 0) is 91.3 Å². The molecule has 1 saturated heterocycles. The molecule has 5 aliphatic rings. The Hall–Kier alpha value is -4.64. The Morgan fingerprint density at radius 3 is 2.56 bits per heavy atom. The van der Waals surface area contributed by atoms with E-state index in [0.717, 1.165) is 4.90 Å². The molecule has 3 fully saturated rings. The number of ether oxygens (including phenoxy) is 4. The molecule has 0 spiro atoms. The number of hydrogen-bond acceptors (Lipinski definition) is 11. The van der Waals surface area contributed by atoms with Gasteiger partial charge in [-0.2, -0.15) is 0 Å². The van der Waals surface area contributed by atoms with Gasteiger partial charge in [0.25, 0.3) is 5.91 Å². The van der Waals surface area contributed by atoms with Crippen LogP contribution < -0.4 is 24.2 Å². The van der Waals surface area contributed by atoms with Crippen molar-refractivity contribution in [2.45, 2.75) is 133 Å². The van der Waals surface area contributed by atoms with Crippen LogP contribution in [0.1, 0.15) is 86.5 Å². The number of benzene rings is 1. The summed E-state index contributed by atoms with van der Waals surface area (Å²) in [7, 11) is -4.04. The van der Waals surface area contributed by atoms with E-state index in [1.807, 2.05) is 26.0 Å². The Morgan fingerprint density at radius 1 is 1.14 bits per heavy atom. The highest BCUT2D eigenvalue weighted by Gasteiger charge is 2.63. The Kier molecular flexibility index (Phi) is 10.6. The fraction of sp³-hybridized carbons (Fsp3) is 0.625. The summed E-state index contributed by atoms with van der Waals surface area (Å²) >= 11 is 0. The molecule has 7 rings (SSSR count). The fourth-order valence-corrected chi connectivity index (χ4v) is 9.52. The number of rotatable bonds is 7. The first kappa shape index (κ1) is 40.6. The molecule has 4 heterocycles. The van der Waals surface area contributed by atoms with Crippen LogP contribution in [0.2, 0.25) is 0 Å². The number of carboxylic acid groups (broad SMARTS) is 1. The molecule has 2 aliphatic carbocycles. The molecule has 0 radical (unpaired) electrons. The molecule has 1 aromatic carbocycles. The maximum absolute atomic E-state index is 15.1. The Bertz CT molecular complexity index is 2080. The number of pyridine rings is 1. The van der Waals surface area contributed by atoms with Gasteiger partial charge in [-0.1, -0.05) is 19.1 Å². The zero-order valence-corrected chi connectivity index (χ0v) is 34.1. The van der Waals surface area contributed by atoms with Gasteiger partial charge < -0.3 is 34.3 Å². The number of carbonyl (C=O) groups is 4. The molecule has 17 heteroatoms. The predicted octanol–water partition coefficient (Wildman–Crippen LogP) is 3.91. The summed E-state index contributed by atoms with van der Waals surface area (Å²) in [5.74, 6) is -1.35. The van der Waals surface area contributed by atoms with Gasteiger partial charge in [-0.25, -0.2) is 18.2 Å². The molecule has 57 heavy (non-hydrogen) atoms. The second-order valence-corrected chi connectivity index (χ2v) is 19.3. The Balaban J connectivity index is 1.28. The van der Waals surface area contributed by atoms with Crippen LogP contribution in [0.25, 0.3) is 10.8 Å². The molecule has 1 unspecified atom stereocenters. The van der Waals surface area contributed by atoms with Crippen molar-refractivity contribution in [1.29, 1.82) is 0 Å². The number of nitrogens with zero attached hydrogens (tertiary/aromatic N) is 3. The third-order valence-electron chi connectivity index (χ3n) is 11.9. The first-order valence-corrected chi connectivity index (χ1v) is 21.2. The molecule has 2 saturated carbocycles. The molecular formula is C40H53N5O11S. The van der Waals surface area contributed by atoms with E-state index in [1.54, 1.807) is 52.1 Å². The minimum atomic E-state index is -4.04. The lowest BCUT2D eigenvalue weighted by Gasteiger charge is -2.44. The monoisotopic (exact) mass is 811 g/mol. The third-order valence-corrected chi connectivity index (χ3v) is 14.0. The van der Waals surface area contributed by atoms with Gasteiger partial charge in [-0.15, -0.1) is 0 Å². The molecule has 7 atom stereocenters. The summed E-state index contributed by atoms with van der Waals surface area (Å²) in [5.41, 5.74) is -2.65. The Morgan fingerprint density at radius 2 is 1.88 bits per heavy atom. The van der Waals surface area contributed by atoms with Gasteiger partial charge in [0, 0.05) is 34.8 Å². The number of amides is 4. The smallest absolute Gasteiger partial charge is 0.408 e. The van der Waals surface area contributed by atoms with Gasteiger partial charge in [0.1, 0.15) is 36.9 Å². The zero-order valence-electron chi connectivity index (χ0n) is 33.3. The molecule has 16 nitrogen and oxygen atoms in total. The normalized spacial score (nSPS) is 30.5. The van der Waals surface area contributed by atoms with E-state index in [-0.39, 0.29) is 31.7 Å². The lowest BCUT2D eigenvalue weighted by atomic mass is 9.97. The summed E-state index contributed by atoms with van der Waals surface area (Å²) in [6, 6.07) is 2.74. The van der Waals surface area contributed by atoms with Gasteiger partial charge >= 0.3 is 6.09 Å². The van der Waals surface area contributed by atoms with Gasteiger partial charge in [-0.3, -0.25) is 24.0 Å². The van der Waals surface area contributed by atoms with Crippen LogP contribution in [-0.2, 0) is 29.1 Å². The number of aromatic nitrogens is 1. The number of allylic oxidation sites excluding steroid dienone is 1. The van der Waals surface area contributed by atoms with Crippen molar-refractivity contribution in [2.75, 3.05) is 19.8 Å². The van der Waals surface area contributed by atoms with E-state index in [9.17, 15) is 27.9 Å². The van der Waals surface area contributed by atoms with Crippen molar-refractivity contribution in [3.05, 3.63) is 36.5 Å². The third kappa shape index (κ3) is 7.71. The summed E-state index contributed by atoms with van der Waals surface area (Å²) < 4.78 is 52.3. The van der Waals surface area contributed by atoms with Crippen LogP contribution >= 0.6 is 0 Å². The van der Waals surface area contributed by atoms with Crippen molar-refractivity contribution in [1.82, 2.24) is 24.8 Å². The topological polar surface area (TPSA) is 203 Å². The molecule has 3 N–H and O–H groups in total. The molecule has 4 amide bonds. The summed E-state index contributed by atoms with van der Waals surface area (Å²) in [5, 5.41) is 14.8. The Labute approximate surface area is 332 Å². The number of hydrogen-bond donors (Lipinski definition) is 3. The predicted molar refractivity (Wildman–Crippen MR) is 207 cm³/mol. The average Bonchev–Trinajstić information content (AvgIpc) is 4.03. The van der Waals surface area contributed by atoms with E-state index in [0.29, 0.717) is 61.2 Å². The SMILES string of the molecule is CC[C@@H]1O[C@H](C)CC/C=C\[C@@H]2CC2(C(=O)NS(=O)(=O)C2(C)CC2)NC(=O)[C@@H]2C[C@@H](Oc3nccc4c5c(ccc34)OCCO5)CN2C(=O)[C@H]1N(C(=O)O)C(C)(C)C. The van der Waals surface area contributed by atoms with Crippen molar-refractivity contribution >= 4 is 44.6 Å². The second-order valence-electron chi connectivity index (χ2n) is 17.1. The molecule has 0 bridgehead atoms. The maximum Gasteiger partial charge on any atom is 0.408 e. The van der Waals surface area contributed by atoms with E-state index in [2.05, 4.69) is 15.0 Å². The lowest BCUT2D eigenvalue weighted by Crippen LogP contribution is -2.64. The lowest BCUT2D eigenvalue weighted by molar-refractivity contribution is -0.152. The van der Waals surface area contributed by atoms with E-state index >= 15 is 4.79 Å². The standard InChI is InChI=1S/C40H53N5O11S/c1-7-29-31(45(37(49)50)38(3,4)5)35(47)44-22-25(56-34-27-12-13-30-32(54-19-18-53-30)26(27)14-17-41-34)20-28(44)33(46)42-40(21-24(40)11-9-8-10-23(2)55-29)36(48)43-57(51,52)39(6)15-16-39/h9,11-14,17,23-25,28-29,31H,7-8,10,15-16,18-22H2,1-6H3,(H,42,46)(H,43,48)(H,49,50)/b11-9-/t23-,24-,25-,28+,29+,31+,40?/m1/s1. The van der Waals surface area contributed by atoms with Gasteiger partial charge in [0.15, 0.2) is 11.5 Å². The first-order valence-electron chi connectivity index (χ1n) is 19.8. The minimum absolute atomic E-state index is 0.0435. The number of nitrogens with one attached hydrogen (secondary N) is 2. The highest BCUT2D eigenvalue weighted by atomic mass is 32.2. The number of carbonyl (C=O) groups excluding carboxylic acids is 3. The quantitative estimate of drug-likeness (QED) is 0.341. The minimum Gasteiger partial charge on any atom is -0.486 e. The van der Waals surface area contributed by atoms with Crippen LogP contribution in [-0.4, -0.2) is 118 Å². The fourth-order valence-electron chi connectivity index (χ4n) is 8.21. The van der Waals surface area contributed by atoms with Gasteiger partial charge in [0.2, 0.25) is 27.7 Å². The molecule has 1 aromatic heterocycles. The van der Waals surface area contributed by atoms with Crippen LogP contribution in [0.15, 0.2) is 36.5 Å². The van der Waals surface area contributed by atoms with Crippen molar-refractivity contribution in [3.63, 3.8) is 0 Å². The van der Waals surface area contributed by atoms with E-state index < -0.39 is 86.0 Å². The van der Waals surface area contributed by atoms with Crippen LogP contribution in [0.3, 0.4) is 0 Å².